The molecule has 1 saturated heterocycles. The minimum Gasteiger partial charge on any atom is -0.374 e. The maximum Gasteiger partial charge on any atom is 0.222 e. The highest BCUT2D eigenvalue weighted by molar-refractivity contribution is 5.77. The van der Waals surface area contributed by atoms with E-state index in [4.69, 9.17) is 4.74 Å². The third kappa shape index (κ3) is 5.80. The summed E-state index contributed by atoms with van der Waals surface area (Å²) in [6, 6.07) is 0. The summed E-state index contributed by atoms with van der Waals surface area (Å²) in [6.07, 6.45) is 0.128. The van der Waals surface area contributed by atoms with Crippen LogP contribution in [-0.4, -0.2) is 62.8 Å². The zero-order chi connectivity index (χ0) is 13.4. The number of amides is 1. The molecule has 0 aliphatic carbocycles. The second-order valence-electron chi connectivity index (χ2n) is 5.05. The van der Waals surface area contributed by atoms with Crippen LogP contribution in [0.5, 0.6) is 0 Å². The number of nitrogens with one attached hydrogen (secondary N) is 2. The monoisotopic (exact) mass is 257 g/mol. The van der Waals surface area contributed by atoms with Crippen LogP contribution < -0.4 is 10.6 Å². The van der Waals surface area contributed by atoms with Crippen molar-refractivity contribution in [1.82, 2.24) is 15.5 Å². The molecule has 0 bridgehead atoms. The van der Waals surface area contributed by atoms with Crippen molar-refractivity contribution in [3.05, 3.63) is 0 Å². The Kier molecular flexibility index (Phi) is 7.23. The molecule has 1 aliphatic heterocycles. The molecule has 0 aromatic rings. The molecule has 1 aliphatic rings. The molecule has 1 amide bonds. The van der Waals surface area contributed by atoms with Gasteiger partial charge in [-0.3, -0.25) is 9.69 Å². The van der Waals surface area contributed by atoms with Crippen molar-refractivity contribution in [3.8, 4) is 0 Å². The van der Waals surface area contributed by atoms with Crippen LogP contribution >= 0.6 is 0 Å². The summed E-state index contributed by atoms with van der Waals surface area (Å²) in [5.41, 5.74) is 0. The number of hydrogen-bond donors (Lipinski definition) is 2. The van der Waals surface area contributed by atoms with Gasteiger partial charge in [0, 0.05) is 38.6 Å². The molecule has 5 nitrogen and oxygen atoms in total. The van der Waals surface area contributed by atoms with Crippen molar-refractivity contribution in [1.29, 1.82) is 0 Å². The Labute approximate surface area is 110 Å². The van der Waals surface area contributed by atoms with E-state index < -0.39 is 0 Å². The zero-order valence-electron chi connectivity index (χ0n) is 11.9. The van der Waals surface area contributed by atoms with Crippen molar-refractivity contribution < 1.29 is 9.53 Å². The molecule has 1 heterocycles. The highest BCUT2D eigenvalue weighted by atomic mass is 16.5. The van der Waals surface area contributed by atoms with Gasteiger partial charge in [-0.15, -0.1) is 0 Å². The van der Waals surface area contributed by atoms with Crippen LogP contribution in [0.2, 0.25) is 0 Å². The average molecular weight is 257 g/mol. The molecular weight excluding hydrogens is 230 g/mol. The Balaban J connectivity index is 2.20. The predicted octanol–water partition coefficient (Wildman–Crippen LogP) is 0.0689. The summed E-state index contributed by atoms with van der Waals surface area (Å²) in [6.45, 7) is 12.3. The molecule has 0 aromatic heterocycles. The Morgan fingerprint density at radius 2 is 2.28 bits per heavy atom. The van der Waals surface area contributed by atoms with Gasteiger partial charge in [0.2, 0.25) is 5.91 Å². The Morgan fingerprint density at radius 3 is 2.94 bits per heavy atom. The molecule has 2 N–H and O–H groups in total. The maximum atomic E-state index is 11.5. The fourth-order valence-corrected chi connectivity index (χ4v) is 1.94. The van der Waals surface area contributed by atoms with E-state index in [0.29, 0.717) is 6.54 Å². The third-order valence-corrected chi connectivity index (χ3v) is 3.11. The molecule has 5 heteroatoms. The molecule has 0 radical (unpaired) electrons. The van der Waals surface area contributed by atoms with Crippen molar-refractivity contribution in [3.63, 3.8) is 0 Å². The molecule has 106 valence electrons. The van der Waals surface area contributed by atoms with E-state index in [9.17, 15) is 4.79 Å². The highest BCUT2D eigenvalue weighted by Gasteiger charge is 2.20. The minimum atomic E-state index is 0.0402. The predicted molar refractivity (Wildman–Crippen MR) is 72.6 cm³/mol. The van der Waals surface area contributed by atoms with Gasteiger partial charge in [-0.05, 0) is 6.54 Å². The van der Waals surface area contributed by atoms with Gasteiger partial charge in [-0.1, -0.05) is 20.8 Å². The summed E-state index contributed by atoms with van der Waals surface area (Å²) < 4.78 is 5.67. The van der Waals surface area contributed by atoms with Crippen LogP contribution in [0.3, 0.4) is 0 Å². The first-order valence-corrected chi connectivity index (χ1v) is 6.95. The summed E-state index contributed by atoms with van der Waals surface area (Å²) in [5.74, 6) is 0.141. The van der Waals surface area contributed by atoms with Crippen LogP contribution in [0.4, 0.5) is 0 Å². The third-order valence-electron chi connectivity index (χ3n) is 3.11. The summed E-state index contributed by atoms with van der Waals surface area (Å²) in [4.78, 5) is 13.9. The van der Waals surface area contributed by atoms with Gasteiger partial charge in [0.05, 0.1) is 12.7 Å². The molecular formula is C13H27N3O2. The van der Waals surface area contributed by atoms with Crippen molar-refractivity contribution >= 4 is 5.91 Å². The molecule has 18 heavy (non-hydrogen) atoms. The van der Waals surface area contributed by atoms with Crippen molar-refractivity contribution in [2.24, 2.45) is 5.92 Å². The van der Waals surface area contributed by atoms with Crippen molar-refractivity contribution in [2.45, 2.75) is 26.9 Å². The maximum absolute atomic E-state index is 11.5. The van der Waals surface area contributed by atoms with E-state index in [1.54, 1.807) is 0 Å². The number of likely N-dealkylation sites (N-methyl/N-ethyl adjacent to an activating group) is 1. The fourth-order valence-electron chi connectivity index (χ4n) is 1.94. The van der Waals surface area contributed by atoms with Crippen LogP contribution in [0.1, 0.15) is 20.8 Å². The normalized spacial score (nSPS) is 21.2. The van der Waals surface area contributed by atoms with Gasteiger partial charge in [0.25, 0.3) is 0 Å². The lowest BCUT2D eigenvalue weighted by atomic mass is 10.2. The largest absolute Gasteiger partial charge is 0.374 e. The molecule has 0 aromatic carbocycles. The van der Waals surface area contributed by atoms with Gasteiger partial charge in [0.1, 0.15) is 0 Å². The minimum absolute atomic E-state index is 0.0402. The number of hydrogen-bond acceptors (Lipinski definition) is 4. The van der Waals surface area contributed by atoms with E-state index >= 15 is 0 Å². The van der Waals surface area contributed by atoms with Gasteiger partial charge in [-0.2, -0.15) is 0 Å². The number of rotatable bonds is 7. The number of morpholine rings is 1. The van der Waals surface area contributed by atoms with E-state index in [2.05, 4.69) is 22.5 Å². The Bertz CT molecular complexity index is 246. The summed E-state index contributed by atoms with van der Waals surface area (Å²) in [5, 5.41) is 6.26. The fraction of sp³-hybridized carbons (Fsp3) is 0.923. The number of carbonyl (C=O) groups is 1. The molecule has 1 rings (SSSR count). The first kappa shape index (κ1) is 15.4. The smallest absolute Gasteiger partial charge is 0.222 e. The average Bonchev–Trinajstić information content (AvgIpc) is 2.36. The van der Waals surface area contributed by atoms with Crippen LogP contribution in [0.25, 0.3) is 0 Å². The molecule has 0 saturated carbocycles. The van der Waals surface area contributed by atoms with Gasteiger partial charge in [-0.25, -0.2) is 0 Å². The Hall–Kier alpha value is -0.650. The van der Waals surface area contributed by atoms with E-state index in [1.165, 1.54) is 0 Å². The zero-order valence-corrected chi connectivity index (χ0v) is 11.9. The topological polar surface area (TPSA) is 53.6 Å². The summed E-state index contributed by atoms with van der Waals surface area (Å²) >= 11 is 0. The first-order valence-electron chi connectivity index (χ1n) is 6.95. The van der Waals surface area contributed by atoms with Gasteiger partial charge < -0.3 is 15.4 Å². The first-order chi connectivity index (χ1) is 8.63. The van der Waals surface area contributed by atoms with E-state index in [1.807, 2.05) is 13.8 Å². The quantitative estimate of drug-likeness (QED) is 0.634. The van der Waals surface area contributed by atoms with Gasteiger partial charge >= 0.3 is 0 Å². The lowest BCUT2D eigenvalue weighted by Crippen LogP contribution is -2.49. The van der Waals surface area contributed by atoms with Gasteiger partial charge in [0.15, 0.2) is 0 Å². The second kappa shape index (κ2) is 8.45. The van der Waals surface area contributed by atoms with E-state index in [-0.39, 0.29) is 17.9 Å². The number of carbonyl (C=O) groups excluding carboxylic acids is 1. The molecule has 0 spiro atoms. The van der Waals surface area contributed by atoms with E-state index in [0.717, 1.165) is 39.3 Å². The molecule has 1 atom stereocenters. The Morgan fingerprint density at radius 1 is 1.50 bits per heavy atom. The number of ether oxygens (including phenoxy) is 1. The van der Waals surface area contributed by atoms with Crippen LogP contribution in [0.15, 0.2) is 0 Å². The highest BCUT2D eigenvalue weighted by Crippen LogP contribution is 2.04. The SMILES string of the molecule is CCNCCN1CCO[C@@H](CNC(=O)C(C)C)C1. The molecule has 1 fully saturated rings. The number of nitrogens with zero attached hydrogens (tertiary/aromatic N) is 1. The standard InChI is InChI=1S/C13H27N3O2/c1-4-14-5-6-16-7-8-18-12(10-16)9-15-13(17)11(2)3/h11-12,14H,4-10H2,1-3H3,(H,15,17)/t12-/m0/s1. The second-order valence-corrected chi connectivity index (χ2v) is 5.05. The lowest BCUT2D eigenvalue weighted by molar-refractivity contribution is -0.125. The van der Waals surface area contributed by atoms with Crippen LogP contribution in [0, 0.1) is 5.92 Å². The van der Waals surface area contributed by atoms with Crippen LogP contribution in [-0.2, 0) is 9.53 Å². The lowest BCUT2D eigenvalue weighted by Gasteiger charge is -2.33. The molecule has 0 unspecified atom stereocenters. The summed E-state index contributed by atoms with van der Waals surface area (Å²) in [7, 11) is 0. The van der Waals surface area contributed by atoms with Crippen molar-refractivity contribution in [2.75, 3.05) is 45.9 Å².